The molecule has 0 bridgehead atoms. The predicted octanol–water partition coefficient (Wildman–Crippen LogP) is 4.52. The molecule has 1 atom stereocenters. The van der Waals surface area contributed by atoms with Crippen molar-refractivity contribution in [1.29, 1.82) is 0 Å². The molecule has 1 aliphatic heterocycles. The number of methoxy groups -OCH3 is 2. The van der Waals surface area contributed by atoms with Crippen molar-refractivity contribution >= 4 is 23.7 Å². The minimum Gasteiger partial charge on any atom is -0.465 e. The van der Waals surface area contributed by atoms with Crippen LogP contribution in [0.3, 0.4) is 0 Å². The zero-order chi connectivity index (χ0) is 19.7. The Kier molecular flexibility index (Phi) is 4.96. The fourth-order valence-electron chi connectivity index (χ4n) is 3.64. The second-order valence-electron chi connectivity index (χ2n) is 6.34. The van der Waals surface area contributed by atoms with Crippen LogP contribution in [-0.4, -0.2) is 30.7 Å². The summed E-state index contributed by atoms with van der Waals surface area (Å²) in [7, 11) is 2.65. The number of esters is 2. The van der Waals surface area contributed by atoms with Crippen LogP contribution in [0.5, 0.6) is 0 Å². The topological polar surface area (TPSA) is 57.5 Å². The first-order valence-corrected chi connectivity index (χ1v) is 9.88. The number of ether oxygens (including phenoxy) is 2. The fourth-order valence-corrected chi connectivity index (χ4v) is 4.97. The van der Waals surface area contributed by atoms with Crippen molar-refractivity contribution in [1.82, 2.24) is 4.57 Å². The first-order valence-electron chi connectivity index (χ1n) is 8.83. The average molecular weight is 393 g/mol. The first kappa shape index (κ1) is 18.4. The molecule has 0 N–H and O–H groups in total. The number of carbonyl (C=O) groups excluding carboxylic acids is 2. The number of carbonyl (C=O) groups is 2. The summed E-state index contributed by atoms with van der Waals surface area (Å²) in [6.07, 6.45) is 0. The molecule has 0 unspecified atom stereocenters. The minimum absolute atomic E-state index is 0.0479. The molecule has 5 nitrogen and oxygen atoms in total. The van der Waals surface area contributed by atoms with E-state index < -0.39 is 11.9 Å². The van der Waals surface area contributed by atoms with E-state index in [0.717, 1.165) is 16.8 Å². The zero-order valence-electron chi connectivity index (χ0n) is 15.5. The first-order chi connectivity index (χ1) is 13.7. The second kappa shape index (κ2) is 7.56. The summed E-state index contributed by atoms with van der Waals surface area (Å²) >= 11 is 1.71. The van der Waals surface area contributed by atoms with Crippen LogP contribution in [0.15, 0.2) is 60.7 Å². The quantitative estimate of drug-likeness (QED) is 0.610. The number of hydrogen-bond donors (Lipinski definition) is 0. The maximum Gasteiger partial charge on any atom is 0.340 e. The highest BCUT2D eigenvalue weighted by Crippen LogP contribution is 2.48. The molecule has 4 rings (SSSR count). The number of fused-ring (bicyclic) bond motifs is 1. The molecule has 3 aromatic rings. The summed E-state index contributed by atoms with van der Waals surface area (Å²) in [5, 5.41) is -0.0479. The van der Waals surface area contributed by atoms with Crippen LogP contribution in [0, 0.1) is 0 Å². The van der Waals surface area contributed by atoms with Crippen molar-refractivity contribution in [2.24, 2.45) is 0 Å². The molecule has 28 heavy (non-hydrogen) atoms. The Bertz CT molecular complexity index is 1030. The lowest BCUT2D eigenvalue weighted by Crippen LogP contribution is -2.12. The van der Waals surface area contributed by atoms with Gasteiger partial charge in [0.15, 0.2) is 0 Å². The van der Waals surface area contributed by atoms with E-state index in [0.29, 0.717) is 17.0 Å². The molecule has 0 fully saturated rings. The molecule has 0 amide bonds. The van der Waals surface area contributed by atoms with E-state index in [1.54, 1.807) is 11.8 Å². The molecule has 0 radical (unpaired) electrons. The standard InChI is InChI=1S/C22H19NO4S/c1-26-21(24)17-16-13-28-20(15-11-7-4-8-12-15)23(16)19(18(17)22(25)27-2)14-9-5-3-6-10-14/h3-12,20H,13H2,1-2H3/t20-/m0/s1. The lowest BCUT2D eigenvalue weighted by atomic mass is 10.0. The molecule has 0 saturated carbocycles. The van der Waals surface area contributed by atoms with Crippen molar-refractivity contribution in [2.75, 3.05) is 14.2 Å². The Balaban J connectivity index is 2.05. The molecular weight excluding hydrogens is 374 g/mol. The van der Waals surface area contributed by atoms with Crippen LogP contribution in [0.2, 0.25) is 0 Å². The summed E-state index contributed by atoms with van der Waals surface area (Å²) in [6.45, 7) is 0. The normalized spacial score (nSPS) is 15.1. The van der Waals surface area contributed by atoms with Crippen LogP contribution in [0.4, 0.5) is 0 Å². The number of benzene rings is 2. The monoisotopic (exact) mass is 393 g/mol. The van der Waals surface area contributed by atoms with Crippen molar-refractivity contribution < 1.29 is 19.1 Å². The molecular formula is C22H19NO4S. The highest BCUT2D eigenvalue weighted by atomic mass is 32.2. The van der Waals surface area contributed by atoms with E-state index in [1.165, 1.54) is 14.2 Å². The van der Waals surface area contributed by atoms with Crippen LogP contribution in [-0.2, 0) is 15.2 Å². The molecule has 142 valence electrons. The zero-order valence-corrected chi connectivity index (χ0v) is 16.4. The van der Waals surface area contributed by atoms with Gasteiger partial charge in [0.1, 0.15) is 10.9 Å². The van der Waals surface area contributed by atoms with Gasteiger partial charge in [0.2, 0.25) is 0 Å². The molecule has 1 aliphatic rings. The summed E-state index contributed by atoms with van der Waals surface area (Å²) in [6, 6.07) is 19.7. The summed E-state index contributed by atoms with van der Waals surface area (Å²) in [4.78, 5) is 25.4. The largest absolute Gasteiger partial charge is 0.465 e. The van der Waals surface area contributed by atoms with Gasteiger partial charge in [-0.3, -0.25) is 0 Å². The van der Waals surface area contributed by atoms with E-state index in [4.69, 9.17) is 9.47 Å². The van der Waals surface area contributed by atoms with Gasteiger partial charge in [-0.2, -0.15) is 0 Å². The van der Waals surface area contributed by atoms with Crippen molar-refractivity contribution in [3.05, 3.63) is 83.0 Å². The van der Waals surface area contributed by atoms with Crippen LogP contribution in [0.1, 0.15) is 37.3 Å². The van der Waals surface area contributed by atoms with Crippen molar-refractivity contribution in [3.63, 3.8) is 0 Å². The lowest BCUT2D eigenvalue weighted by molar-refractivity contribution is 0.0556. The number of aromatic nitrogens is 1. The number of hydrogen-bond acceptors (Lipinski definition) is 5. The van der Waals surface area contributed by atoms with Crippen LogP contribution in [0.25, 0.3) is 11.3 Å². The third-order valence-corrected chi connectivity index (χ3v) is 6.07. The predicted molar refractivity (Wildman–Crippen MR) is 108 cm³/mol. The van der Waals surface area contributed by atoms with Crippen molar-refractivity contribution in [2.45, 2.75) is 11.1 Å². The van der Waals surface area contributed by atoms with Gasteiger partial charge in [0.05, 0.1) is 25.5 Å². The third kappa shape index (κ3) is 2.90. The van der Waals surface area contributed by atoms with E-state index >= 15 is 0 Å². The summed E-state index contributed by atoms with van der Waals surface area (Å²) in [5.41, 5.74) is 3.97. The number of nitrogens with zero attached hydrogens (tertiary/aromatic N) is 1. The third-order valence-electron chi connectivity index (χ3n) is 4.83. The molecule has 1 aromatic heterocycles. The number of thioether (sulfide) groups is 1. The maximum absolute atomic E-state index is 12.7. The van der Waals surface area contributed by atoms with Gasteiger partial charge in [-0.1, -0.05) is 60.7 Å². The Morgan fingerprint density at radius 3 is 2.07 bits per heavy atom. The highest BCUT2D eigenvalue weighted by molar-refractivity contribution is 7.99. The van der Waals surface area contributed by atoms with Crippen LogP contribution >= 0.6 is 11.8 Å². The Hall–Kier alpha value is -2.99. The Labute approximate surface area is 167 Å². The highest BCUT2D eigenvalue weighted by Gasteiger charge is 2.39. The van der Waals surface area contributed by atoms with Gasteiger partial charge in [0.25, 0.3) is 0 Å². The lowest BCUT2D eigenvalue weighted by Gasteiger charge is -2.18. The second-order valence-corrected chi connectivity index (χ2v) is 7.41. The Morgan fingerprint density at radius 2 is 1.46 bits per heavy atom. The minimum atomic E-state index is -0.544. The van der Waals surface area contributed by atoms with Gasteiger partial charge in [-0.15, -0.1) is 11.8 Å². The van der Waals surface area contributed by atoms with Crippen molar-refractivity contribution in [3.8, 4) is 11.3 Å². The molecule has 0 aliphatic carbocycles. The van der Waals surface area contributed by atoms with E-state index in [-0.39, 0.29) is 10.9 Å². The van der Waals surface area contributed by atoms with Crippen LogP contribution < -0.4 is 0 Å². The van der Waals surface area contributed by atoms with Gasteiger partial charge >= 0.3 is 11.9 Å². The van der Waals surface area contributed by atoms with E-state index in [9.17, 15) is 9.59 Å². The summed E-state index contributed by atoms with van der Waals surface area (Å²) in [5.74, 6) is -0.473. The smallest absolute Gasteiger partial charge is 0.340 e. The molecule has 2 heterocycles. The fraction of sp³-hybridized carbons (Fsp3) is 0.182. The van der Waals surface area contributed by atoms with Gasteiger partial charge in [-0.25, -0.2) is 9.59 Å². The van der Waals surface area contributed by atoms with Gasteiger partial charge in [0, 0.05) is 11.4 Å². The van der Waals surface area contributed by atoms with Gasteiger partial charge < -0.3 is 14.0 Å². The van der Waals surface area contributed by atoms with E-state index in [1.807, 2.05) is 48.5 Å². The van der Waals surface area contributed by atoms with Gasteiger partial charge in [-0.05, 0) is 11.1 Å². The number of rotatable bonds is 4. The van der Waals surface area contributed by atoms with E-state index in [2.05, 4.69) is 16.7 Å². The molecule has 2 aromatic carbocycles. The SMILES string of the molecule is COC(=O)c1c(C(=O)OC)c(-c2ccccc2)n2c1CS[C@H]2c1ccccc1. The maximum atomic E-state index is 12.7. The summed E-state index contributed by atoms with van der Waals surface area (Å²) < 4.78 is 12.1. The molecule has 0 saturated heterocycles. The molecule has 6 heteroatoms. The average Bonchev–Trinajstić information content (AvgIpc) is 3.31. The molecule has 0 spiro atoms. The Morgan fingerprint density at radius 1 is 0.893 bits per heavy atom.